The maximum absolute atomic E-state index is 11.1. The number of nitrogens with one attached hydrogen (secondary N) is 1. The third-order valence-corrected chi connectivity index (χ3v) is 2.70. The number of urea groups is 1. The molecule has 0 aliphatic carbocycles. The normalized spacial score (nSPS) is 13.6. The van der Waals surface area contributed by atoms with Gasteiger partial charge in [0, 0.05) is 11.9 Å². The molecule has 10 heteroatoms. The lowest BCUT2D eigenvalue weighted by atomic mass is 10.4. The second kappa shape index (κ2) is 7.63. The van der Waals surface area contributed by atoms with Crippen LogP contribution in [0.5, 0.6) is 0 Å². The summed E-state index contributed by atoms with van der Waals surface area (Å²) in [4.78, 5) is 35.5. The molecule has 1 aliphatic heterocycles. The molecule has 3 heterocycles. The minimum Gasteiger partial charge on any atom is -0.400 e. The van der Waals surface area contributed by atoms with Crippen LogP contribution in [0.3, 0.4) is 0 Å². The van der Waals surface area contributed by atoms with Gasteiger partial charge < -0.3 is 4.42 Å². The van der Waals surface area contributed by atoms with E-state index in [0.717, 1.165) is 23.0 Å². The number of imide groups is 1. The summed E-state index contributed by atoms with van der Waals surface area (Å²) in [7, 11) is 0. The smallest absolute Gasteiger partial charge is 0.400 e. The molecule has 10 nitrogen and oxygen atoms in total. The van der Waals surface area contributed by atoms with Crippen molar-refractivity contribution in [3.05, 3.63) is 58.1 Å². The number of hydrogen-bond donors (Lipinski definition) is 1. The van der Waals surface area contributed by atoms with E-state index in [1.165, 1.54) is 6.07 Å². The molecule has 3 amide bonds. The molecule has 124 valence electrons. The van der Waals surface area contributed by atoms with Crippen LogP contribution < -0.4 is 5.32 Å². The lowest BCUT2D eigenvalue weighted by molar-refractivity contribution is -0.402. The number of nitro groups is 1. The largest absolute Gasteiger partial charge is 0.433 e. The summed E-state index contributed by atoms with van der Waals surface area (Å²) >= 11 is 0. The van der Waals surface area contributed by atoms with Crippen LogP contribution in [0.1, 0.15) is 11.5 Å². The standard InChI is InChI=1S/C8H6N4O5.C6H7N/c13-6-4-11(8(14)10-6)9-3-5-1-2-7(17-5)12(15)16;1-6-4-2-3-5-7-6/h1-3H,4H2,(H,10,13,14);2-5H,1H3/b9-3+;. The minimum atomic E-state index is -0.691. The highest BCUT2D eigenvalue weighted by molar-refractivity contribution is 6.02. The Morgan fingerprint density at radius 1 is 1.38 bits per heavy atom. The zero-order valence-corrected chi connectivity index (χ0v) is 12.6. The van der Waals surface area contributed by atoms with Crippen LogP contribution in [0.2, 0.25) is 0 Å². The Morgan fingerprint density at radius 3 is 2.62 bits per heavy atom. The third kappa shape index (κ3) is 4.73. The maximum atomic E-state index is 11.1. The summed E-state index contributed by atoms with van der Waals surface area (Å²) in [5.41, 5.74) is 1.07. The van der Waals surface area contributed by atoms with E-state index >= 15 is 0 Å². The quantitative estimate of drug-likeness (QED) is 0.392. The predicted octanol–water partition coefficient (Wildman–Crippen LogP) is 1.46. The van der Waals surface area contributed by atoms with Crippen molar-refractivity contribution < 1.29 is 18.9 Å². The number of carbonyl (C=O) groups is 2. The Hall–Kier alpha value is -3.56. The zero-order valence-electron chi connectivity index (χ0n) is 12.6. The molecule has 0 unspecified atom stereocenters. The number of aromatic nitrogens is 1. The van der Waals surface area contributed by atoms with Crippen molar-refractivity contribution in [3.8, 4) is 0 Å². The van der Waals surface area contributed by atoms with Gasteiger partial charge >= 0.3 is 11.9 Å². The lowest BCUT2D eigenvalue weighted by Gasteiger charge is -2.02. The van der Waals surface area contributed by atoms with Crippen LogP contribution in [-0.2, 0) is 4.79 Å². The number of nitrogens with zero attached hydrogens (tertiary/aromatic N) is 4. The van der Waals surface area contributed by atoms with E-state index in [9.17, 15) is 19.7 Å². The molecule has 1 saturated heterocycles. The summed E-state index contributed by atoms with van der Waals surface area (Å²) in [6.07, 6.45) is 2.90. The van der Waals surface area contributed by atoms with Crippen molar-refractivity contribution in [1.29, 1.82) is 0 Å². The first-order chi connectivity index (χ1) is 11.5. The monoisotopic (exact) mass is 331 g/mol. The van der Waals surface area contributed by atoms with E-state index in [0.29, 0.717) is 0 Å². The van der Waals surface area contributed by atoms with E-state index < -0.39 is 22.7 Å². The summed E-state index contributed by atoms with van der Waals surface area (Å²) in [5.74, 6) is -0.769. The molecule has 0 aromatic carbocycles. The highest BCUT2D eigenvalue weighted by Crippen LogP contribution is 2.14. The van der Waals surface area contributed by atoms with E-state index in [2.05, 4.69) is 10.1 Å². The Morgan fingerprint density at radius 2 is 2.17 bits per heavy atom. The Bertz CT molecular complexity index is 771. The molecule has 24 heavy (non-hydrogen) atoms. The number of pyridine rings is 1. The summed E-state index contributed by atoms with van der Waals surface area (Å²) < 4.78 is 4.78. The van der Waals surface area contributed by atoms with Crippen molar-refractivity contribution >= 4 is 24.0 Å². The molecular formula is C14H13N5O5. The predicted molar refractivity (Wildman–Crippen MR) is 82.2 cm³/mol. The van der Waals surface area contributed by atoms with E-state index in [4.69, 9.17) is 4.42 Å². The average molecular weight is 331 g/mol. The number of rotatable bonds is 3. The average Bonchev–Trinajstić information content (AvgIpc) is 3.13. The fraction of sp³-hybridized carbons (Fsp3) is 0.143. The second-order valence-electron chi connectivity index (χ2n) is 4.56. The van der Waals surface area contributed by atoms with Gasteiger partial charge in [0.05, 0.1) is 12.3 Å². The molecule has 0 saturated carbocycles. The lowest BCUT2D eigenvalue weighted by Crippen LogP contribution is -2.24. The molecule has 2 aromatic heterocycles. The van der Waals surface area contributed by atoms with Gasteiger partial charge in [-0.2, -0.15) is 5.10 Å². The summed E-state index contributed by atoms with van der Waals surface area (Å²) in [6.45, 7) is 1.79. The van der Waals surface area contributed by atoms with Crippen LogP contribution in [-0.4, -0.2) is 39.6 Å². The van der Waals surface area contributed by atoms with Gasteiger partial charge in [-0.15, -0.1) is 0 Å². The van der Waals surface area contributed by atoms with Crippen LogP contribution in [0.4, 0.5) is 10.7 Å². The van der Waals surface area contributed by atoms with Crippen molar-refractivity contribution in [3.63, 3.8) is 0 Å². The zero-order chi connectivity index (χ0) is 17.5. The molecular weight excluding hydrogens is 318 g/mol. The van der Waals surface area contributed by atoms with Gasteiger partial charge in [0.25, 0.3) is 0 Å². The van der Waals surface area contributed by atoms with Crippen molar-refractivity contribution in [1.82, 2.24) is 15.3 Å². The summed E-state index contributed by atoms with van der Waals surface area (Å²) in [5, 5.41) is 16.9. The molecule has 1 aliphatic rings. The van der Waals surface area contributed by atoms with Crippen molar-refractivity contribution in [2.75, 3.05) is 6.54 Å². The molecule has 0 atom stereocenters. The number of hydrazone groups is 1. The highest BCUT2D eigenvalue weighted by Gasteiger charge is 2.26. The molecule has 3 rings (SSSR count). The molecule has 2 aromatic rings. The number of carbonyl (C=O) groups excluding carboxylic acids is 2. The maximum Gasteiger partial charge on any atom is 0.433 e. The fourth-order valence-electron chi connectivity index (χ4n) is 1.61. The molecule has 0 bridgehead atoms. The van der Waals surface area contributed by atoms with Gasteiger partial charge in [0.2, 0.25) is 5.91 Å². The van der Waals surface area contributed by atoms with E-state index in [1.54, 1.807) is 6.20 Å². The SMILES string of the molecule is Cc1ccccn1.O=C1CN(/N=C/c2ccc([N+](=O)[O-])o2)C(=O)N1. The molecule has 0 radical (unpaired) electrons. The number of furan rings is 1. The molecule has 0 spiro atoms. The van der Waals surface area contributed by atoms with Crippen LogP contribution in [0, 0.1) is 17.0 Å². The van der Waals surface area contributed by atoms with Crippen molar-refractivity contribution in [2.45, 2.75) is 6.92 Å². The van der Waals surface area contributed by atoms with Gasteiger partial charge in [0.1, 0.15) is 11.5 Å². The van der Waals surface area contributed by atoms with Gasteiger partial charge in [-0.1, -0.05) is 6.07 Å². The van der Waals surface area contributed by atoms with Crippen LogP contribution in [0.15, 0.2) is 46.0 Å². The third-order valence-electron chi connectivity index (χ3n) is 2.70. The Labute approximate surface area is 135 Å². The molecule has 1 N–H and O–H groups in total. The van der Waals surface area contributed by atoms with Gasteiger partial charge in [-0.05, 0) is 25.1 Å². The van der Waals surface area contributed by atoms with Crippen LogP contribution in [0.25, 0.3) is 0 Å². The van der Waals surface area contributed by atoms with Gasteiger partial charge in [0.15, 0.2) is 5.76 Å². The number of aryl methyl sites for hydroxylation is 1. The minimum absolute atomic E-state index is 0.115. The van der Waals surface area contributed by atoms with Gasteiger partial charge in [-0.25, -0.2) is 9.80 Å². The van der Waals surface area contributed by atoms with Crippen LogP contribution >= 0.6 is 0 Å². The van der Waals surface area contributed by atoms with E-state index in [1.807, 2.05) is 30.4 Å². The number of amides is 3. The Kier molecular flexibility index (Phi) is 5.34. The first kappa shape index (κ1) is 16.8. The summed E-state index contributed by atoms with van der Waals surface area (Å²) in [6, 6.07) is 7.70. The fourth-order valence-corrected chi connectivity index (χ4v) is 1.61. The number of hydrogen-bond acceptors (Lipinski definition) is 7. The first-order valence-electron chi connectivity index (χ1n) is 6.73. The van der Waals surface area contributed by atoms with Crippen molar-refractivity contribution in [2.24, 2.45) is 5.10 Å². The topological polar surface area (TPSA) is 131 Å². The second-order valence-corrected chi connectivity index (χ2v) is 4.56. The molecule has 1 fully saturated rings. The highest BCUT2D eigenvalue weighted by atomic mass is 16.6. The Balaban J connectivity index is 0.000000249. The van der Waals surface area contributed by atoms with Gasteiger partial charge in [-0.3, -0.25) is 25.2 Å². The first-order valence-corrected chi connectivity index (χ1v) is 6.73. The van der Waals surface area contributed by atoms with E-state index in [-0.39, 0.29) is 12.3 Å².